The molecule has 1 fully saturated rings. The number of hydrogen-bond donors (Lipinski definition) is 2. The first kappa shape index (κ1) is 35.7. The Bertz CT molecular complexity index is 1510. The maximum atomic E-state index is 14.4. The Morgan fingerprint density at radius 3 is 2.40 bits per heavy atom. The number of imidazole rings is 1. The first-order valence-electron chi connectivity index (χ1n) is 15.5. The highest BCUT2D eigenvalue weighted by molar-refractivity contribution is 6.00. The van der Waals surface area contributed by atoms with Crippen molar-refractivity contribution in [1.82, 2.24) is 19.8 Å². The van der Waals surface area contributed by atoms with E-state index in [0.29, 0.717) is 0 Å². The van der Waals surface area contributed by atoms with E-state index in [4.69, 9.17) is 18.9 Å². The maximum absolute atomic E-state index is 14.4. The van der Waals surface area contributed by atoms with Crippen LogP contribution in [0.2, 0.25) is 0 Å². The fraction of sp³-hybridized carbons (Fsp3) is 0.625. The quantitative estimate of drug-likeness (QED) is 0.202. The average Bonchev–Trinajstić information content (AvgIpc) is 3.47. The van der Waals surface area contributed by atoms with Crippen LogP contribution in [0.1, 0.15) is 83.1 Å². The minimum absolute atomic E-state index is 0.0292. The molecule has 47 heavy (non-hydrogen) atoms. The van der Waals surface area contributed by atoms with Gasteiger partial charge in [-0.3, -0.25) is 14.3 Å². The number of Topliss-reactive ketones (excluding diaryl/α,β-unsaturated/α-hetero) is 1. The lowest BCUT2D eigenvalue weighted by Gasteiger charge is -2.43. The van der Waals surface area contributed by atoms with E-state index >= 15 is 0 Å². The van der Waals surface area contributed by atoms with Gasteiger partial charge in [-0.2, -0.15) is 0 Å². The molecule has 0 unspecified atom stereocenters. The van der Waals surface area contributed by atoms with E-state index in [1.807, 2.05) is 30.3 Å². The Morgan fingerprint density at radius 2 is 1.81 bits per heavy atom. The van der Waals surface area contributed by atoms with Gasteiger partial charge in [0.1, 0.15) is 29.4 Å². The van der Waals surface area contributed by atoms with Crippen LogP contribution in [0.4, 0.5) is 15.5 Å². The van der Waals surface area contributed by atoms with Crippen molar-refractivity contribution in [3.8, 4) is 0 Å². The summed E-state index contributed by atoms with van der Waals surface area (Å²) in [6.07, 6.45) is -1.39. The number of nitrogens with one attached hydrogen (secondary N) is 1. The second-order valence-corrected chi connectivity index (χ2v) is 14.1. The van der Waals surface area contributed by atoms with Crippen molar-refractivity contribution in [2.24, 2.45) is 17.0 Å². The zero-order chi connectivity index (χ0) is 34.7. The Labute approximate surface area is 274 Å². The molecule has 1 saturated heterocycles. The van der Waals surface area contributed by atoms with Crippen LogP contribution in [0.5, 0.6) is 0 Å². The van der Waals surface area contributed by atoms with Gasteiger partial charge in [-0.15, -0.1) is 0 Å². The first-order valence-corrected chi connectivity index (χ1v) is 15.5. The van der Waals surface area contributed by atoms with Gasteiger partial charge in [0, 0.05) is 35.8 Å². The average molecular weight is 656 g/mol. The van der Waals surface area contributed by atoms with Crippen LogP contribution < -0.4 is 5.32 Å². The number of fused-ring (bicyclic) bond motifs is 1. The second kappa shape index (κ2) is 13.9. The third-order valence-electron chi connectivity index (χ3n) is 7.90. The SMILES string of the molecule is CC(C)(C)OC(=O)NC[C@H]1C(=O)c2c(nc(N=[N+]=[N-])n2COCc2ccccc2)[C@H]([C@@H]2COC(C)(C)N2C(=O)OC(C)(C)C)[C@H]1CO. The van der Waals surface area contributed by atoms with E-state index in [9.17, 15) is 25.0 Å². The molecule has 2 heterocycles. The molecule has 1 aromatic carbocycles. The molecule has 256 valence electrons. The van der Waals surface area contributed by atoms with E-state index in [1.165, 1.54) is 9.47 Å². The lowest BCUT2D eigenvalue weighted by Crippen LogP contribution is -2.55. The molecule has 1 aliphatic heterocycles. The standard InChI is InChI=1S/C32H45N7O8/c1-30(2,3)46-28(42)34-14-20-21(15-40)23(22-17-45-32(7,8)39(22)29(43)47-31(4,5)6)24-25(26(20)41)38(27(35-24)36-37-33)18-44-16-19-12-10-9-11-13-19/h9-13,20-23,40H,14-18H2,1-8H3,(H,34,42)/t20-,21+,22+,23+/m1/s1. The fourth-order valence-electron chi connectivity index (χ4n) is 6.06. The minimum atomic E-state index is -1.12. The summed E-state index contributed by atoms with van der Waals surface area (Å²) >= 11 is 0. The van der Waals surface area contributed by atoms with Crippen molar-refractivity contribution >= 4 is 23.9 Å². The molecular weight excluding hydrogens is 610 g/mol. The highest BCUT2D eigenvalue weighted by atomic mass is 16.6. The summed E-state index contributed by atoms with van der Waals surface area (Å²) in [5.41, 5.74) is 7.88. The molecule has 0 spiro atoms. The van der Waals surface area contributed by atoms with Crippen LogP contribution in [0.25, 0.3) is 10.4 Å². The smallest absolute Gasteiger partial charge is 0.412 e. The summed E-state index contributed by atoms with van der Waals surface area (Å²) in [6.45, 7) is 13.2. The predicted molar refractivity (Wildman–Crippen MR) is 170 cm³/mol. The van der Waals surface area contributed by atoms with Gasteiger partial charge < -0.3 is 29.4 Å². The van der Waals surface area contributed by atoms with Crippen molar-refractivity contribution in [2.75, 3.05) is 19.8 Å². The fourth-order valence-corrected chi connectivity index (χ4v) is 6.06. The number of aromatic nitrogens is 2. The molecular formula is C32H45N7O8. The zero-order valence-corrected chi connectivity index (χ0v) is 28.2. The lowest BCUT2D eigenvalue weighted by atomic mass is 9.69. The number of aliphatic hydroxyl groups excluding tert-OH is 1. The number of nitrogens with zero attached hydrogens (tertiary/aromatic N) is 6. The number of amides is 2. The van der Waals surface area contributed by atoms with Crippen LogP contribution in [-0.4, -0.2) is 80.3 Å². The Morgan fingerprint density at radius 1 is 1.15 bits per heavy atom. The molecule has 2 N–H and O–H groups in total. The summed E-state index contributed by atoms with van der Waals surface area (Å²) in [6, 6.07) is 8.63. The van der Waals surface area contributed by atoms with E-state index in [1.54, 1.807) is 55.4 Å². The van der Waals surface area contributed by atoms with Crippen LogP contribution in [-0.2, 0) is 32.3 Å². The number of hydrogen-bond acceptors (Lipinski definition) is 10. The van der Waals surface area contributed by atoms with E-state index in [0.717, 1.165) is 5.56 Å². The molecule has 2 aromatic rings. The highest BCUT2D eigenvalue weighted by Crippen LogP contribution is 2.47. The van der Waals surface area contributed by atoms with Crippen molar-refractivity contribution in [2.45, 2.75) is 97.6 Å². The van der Waals surface area contributed by atoms with Gasteiger partial charge in [0.05, 0.1) is 24.9 Å². The maximum Gasteiger partial charge on any atom is 0.412 e. The van der Waals surface area contributed by atoms with Crippen molar-refractivity contribution in [3.63, 3.8) is 0 Å². The number of ether oxygens (including phenoxy) is 4. The van der Waals surface area contributed by atoms with Gasteiger partial charge in [0.25, 0.3) is 0 Å². The van der Waals surface area contributed by atoms with Gasteiger partial charge in [-0.25, -0.2) is 14.6 Å². The molecule has 2 amide bonds. The molecule has 1 aromatic heterocycles. The number of aliphatic hydroxyl groups is 1. The number of carbonyl (C=O) groups is 3. The second-order valence-electron chi connectivity index (χ2n) is 14.1. The topological polar surface area (TPSA) is 190 Å². The Balaban J connectivity index is 1.82. The van der Waals surface area contributed by atoms with Gasteiger partial charge >= 0.3 is 12.2 Å². The molecule has 15 nitrogen and oxygen atoms in total. The van der Waals surface area contributed by atoms with Crippen molar-refractivity contribution < 1.29 is 38.4 Å². The summed E-state index contributed by atoms with van der Waals surface area (Å²) in [7, 11) is 0. The molecule has 2 aliphatic rings. The largest absolute Gasteiger partial charge is 0.444 e. The van der Waals surface area contributed by atoms with Gasteiger partial charge in [0.2, 0.25) is 0 Å². The number of ketones is 1. The molecule has 1 aliphatic carbocycles. The molecule has 4 atom stereocenters. The molecule has 0 bridgehead atoms. The molecule has 0 radical (unpaired) electrons. The normalized spacial score (nSPS) is 22.3. The minimum Gasteiger partial charge on any atom is -0.444 e. The van der Waals surface area contributed by atoms with Crippen molar-refractivity contribution in [1.29, 1.82) is 0 Å². The summed E-state index contributed by atoms with van der Waals surface area (Å²) in [4.78, 5) is 49.7. The van der Waals surface area contributed by atoms with Gasteiger partial charge in [-0.05, 0) is 71.6 Å². The van der Waals surface area contributed by atoms with E-state index in [-0.39, 0.29) is 43.8 Å². The van der Waals surface area contributed by atoms with Crippen molar-refractivity contribution in [3.05, 3.63) is 57.7 Å². The molecule has 15 heteroatoms. The van der Waals surface area contributed by atoms with Crippen LogP contribution in [0.3, 0.4) is 0 Å². The molecule has 0 saturated carbocycles. The lowest BCUT2D eigenvalue weighted by molar-refractivity contribution is -0.0647. The highest BCUT2D eigenvalue weighted by Gasteiger charge is 2.56. The van der Waals surface area contributed by atoms with Gasteiger partial charge in [-0.1, -0.05) is 30.3 Å². The summed E-state index contributed by atoms with van der Waals surface area (Å²) in [5, 5.41) is 17.3. The zero-order valence-electron chi connectivity index (χ0n) is 28.2. The molecule has 4 rings (SSSR count). The third-order valence-corrected chi connectivity index (χ3v) is 7.90. The van der Waals surface area contributed by atoms with Crippen LogP contribution in [0, 0.1) is 11.8 Å². The van der Waals surface area contributed by atoms with E-state index < -0.39 is 65.3 Å². The number of benzene rings is 1. The number of rotatable bonds is 9. The van der Waals surface area contributed by atoms with Crippen LogP contribution in [0.15, 0.2) is 35.4 Å². The summed E-state index contributed by atoms with van der Waals surface area (Å²) < 4.78 is 24.6. The third kappa shape index (κ3) is 8.22. The summed E-state index contributed by atoms with van der Waals surface area (Å²) in [5.74, 6) is -3.22. The van der Waals surface area contributed by atoms with E-state index in [2.05, 4.69) is 20.3 Å². The number of azide groups is 1. The Kier molecular flexibility index (Phi) is 10.6. The number of alkyl carbamates (subject to hydrolysis) is 1. The Hall–Kier alpha value is -4.17. The van der Waals surface area contributed by atoms with Crippen LogP contribution >= 0.6 is 0 Å². The van der Waals surface area contributed by atoms with Gasteiger partial charge in [0.15, 0.2) is 11.7 Å². The number of carbonyl (C=O) groups excluding carboxylic acids is 3. The first-order chi connectivity index (χ1) is 22.0. The monoisotopic (exact) mass is 655 g/mol. The predicted octanol–water partition coefficient (Wildman–Crippen LogP) is 5.40.